The average molecular weight is 399 g/mol. The van der Waals surface area contributed by atoms with Crippen LogP contribution in [0.2, 0.25) is 0 Å². The Labute approximate surface area is 163 Å². The van der Waals surface area contributed by atoms with Crippen molar-refractivity contribution in [3.8, 4) is 11.3 Å². The third kappa shape index (κ3) is 2.95. The number of halogens is 1. The van der Waals surface area contributed by atoms with Crippen molar-refractivity contribution in [1.82, 2.24) is 24.6 Å². The van der Waals surface area contributed by atoms with Crippen LogP contribution in [0.25, 0.3) is 27.8 Å². The van der Waals surface area contributed by atoms with Gasteiger partial charge in [0, 0.05) is 23.2 Å². The molecule has 1 aromatic carbocycles. The number of fused-ring (bicyclic) bond motifs is 2. The molecule has 0 saturated carbocycles. The second-order valence-electron chi connectivity index (χ2n) is 6.48. The molecule has 0 radical (unpaired) electrons. The average Bonchev–Trinajstić information content (AvgIpc) is 3.29. The van der Waals surface area contributed by atoms with Gasteiger partial charge in [0.2, 0.25) is 6.41 Å². The van der Waals surface area contributed by atoms with Crippen LogP contribution in [0.1, 0.15) is 13.8 Å². The van der Waals surface area contributed by atoms with Gasteiger partial charge in [0.15, 0.2) is 17.3 Å². The Morgan fingerprint density at radius 3 is 2.86 bits per heavy atom. The second kappa shape index (κ2) is 7.12. The molecule has 3 aromatic heterocycles. The Balaban J connectivity index is 1.96. The van der Waals surface area contributed by atoms with Crippen LogP contribution < -0.4 is 10.6 Å². The van der Waals surface area contributed by atoms with Crippen molar-refractivity contribution in [2.75, 3.05) is 16.9 Å². The highest BCUT2D eigenvalue weighted by Crippen LogP contribution is 2.42. The largest absolute Gasteiger partial charge is 0.379 e. The number of carbonyl (C=O) groups is 1. The summed E-state index contributed by atoms with van der Waals surface area (Å²) in [6.45, 7) is 3.90. The van der Waals surface area contributed by atoms with Crippen LogP contribution in [0, 0.1) is 5.82 Å². The highest BCUT2D eigenvalue weighted by atomic mass is 32.2. The highest BCUT2D eigenvalue weighted by Gasteiger charge is 2.23. The van der Waals surface area contributed by atoms with Crippen molar-refractivity contribution in [3.63, 3.8) is 0 Å². The van der Waals surface area contributed by atoms with Crippen molar-refractivity contribution in [2.24, 2.45) is 0 Å². The summed E-state index contributed by atoms with van der Waals surface area (Å²) in [5, 5.41) is 13.5. The Kier molecular flexibility index (Phi) is 4.63. The van der Waals surface area contributed by atoms with Crippen molar-refractivity contribution in [3.05, 3.63) is 30.6 Å². The number of anilines is 2. The maximum Gasteiger partial charge on any atom is 0.212 e. The summed E-state index contributed by atoms with van der Waals surface area (Å²) in [6, 6.07) is 0.0609. The first-order chi connectivity index (χ1) is 13.5. The number of carbonyl (C=O) groups excluding carboxylic acids is 1. The zero-order valence-electron chi connectivity index (χ0n) is 15.4. The van der Waals surface area contributed by atoms with Crippen LogP contribution in [-0.4, -0.2) is 43.3 Å². The fraction of sp³-hybridized carbons (Fsp3) is 0.222. The number of nitrogens with one attached hydrogen (secondary N) is 3. The van der Waals surface area contributed by atoms with Crippen molar-refractivity contribution < 1.29 is 9.18 Å². The molecule has 0 aliphatic carbocycles. The molecule has 0 spiro atoms. The molecule has 0 aliphatic heterocycles. The van der Waals surface area contributed by atoms with Gasteiger partial charge in [-0.2, -0.15) is 5.10 Å². The number of aromatic nitrogens is 5. The van der Waals surface area contributed by atoms with E-state index < -0.39 is 0 Å². The Bertz CT molecular complexity index is 1180. The molecule has 8 nitrogen and oxygen atoms in total. The molecular formula is C18H18FN7OS. The van der Waals surface area contributed by atoms with Crippen molar-refractivity contribution >= 4 is 46.2 Å². The molecule has 0 aliphatic rings. The second-order valence-corrected chi connectivity index (χ2v) is 7.30. The Morgan fingerprint density at radius 1 is 1.32 bits per heavy atom. The van der Waals surface area contributed by atoms with Gasteiger partial charge in [-0.1, -0.05) is 0 Å². The summed E-state index contributed by atoms with van der Waals surface area (Å²) in [4.78, 5) is 19.9. The lowest BCUT2D eigenvalue weighted by atomic mass is 10.0. The normalized spacial score (nSPS) is 11.5. The van der Waals surface area contributed by atoms with E-state index in [9.17, 15) is 4.79 Å². The molecule has 1 amide bonds. The minimum Gasteiger partial charge on any atom is -0.379 e. The molecule has 0 saturated heterocycles. The number of imidazole rings is 1. The van der Waals surface area contributed by atoms with Crippen LogP contribution in [0.5, 0.6) is 0 Å². The summed E-state index contributed by atoms with van der Waals surface area (Å²) in [5.41, 5.74) is 2.80. The summed E-state index contributed by atoms with van der Waals surface area (Å²) in [5.74, 6) is 0.0685. The van der Waals surface area contributed by atoms with E-state index in [0.29, 0.717) is 45.2 Å². The molecular weight excluding hydrogens is 381 g/mol. The van der Waals surface area contributed by atoms with E-state index in [1.165, 1.54) is 11.8 Å². The van der Waals surface area contributed by atoms with Crippen LogP contribution >= 0.6 is 11.8 Å². The monoisotopic (exact) mass is 399 g/mol. The summed E-state index contributed by atoms with van der Waals surface area (Å²) < 4.78 is 17.1. The Morgan fingerprint density at radius 2 is 2.14 bits per heavy atom. The lowest BCUT2D eigenvalue weighted by Crippen LogP contribution is -2.12. The number of hydrogen-bond acceptors (Lipinski definition) is 6. The van der Waals surface area contributed by atoms with E-state index in [1.807, 2.05) is 20.1 Å². The molecule has 3 N–H and O–H groups in total. The minimum atomic E-state index is -0.344. The number of amides is 1. The summed E-state index contributed by atoms with van der Waals surface area (Å²) >= 11 is 1.31. The first-order valence-corrected chi connectivity index (χ1v) is 9.80. The van der Waals surface area contributed by atoms with Gasteiger partial charge in [0.1, 0.15) is 0 Å². The van der Waals surface area contributed by atoms with Gasteiger partial charge < -0.3 is 15.0 Å². The van der Waals surface area contributed by atoms with Crippen LogP contribution in [0.15, 0.2) is 29.7 Å². The lowest BCUT2D eigenvalue weighted by molar-refractivity contribution is -0.105. The maximum absolute atomic E-state index is 15.4. The predicted octanol–water partition coefficient (Wildman–Crippen LogP) is 3.52. The number of thioether (sulfide) groups is 1. The maximum atomic E-state index is 15.4. The van der Waals surface area contributed by atoms with Crippen molar-refractivity contribution in [2.45, 2.75) is 24.8 Å². The third-order valence-corrected chi connectivity index (χ3v) is 5.04. The molecule has 10 heteroatoms. The first-order valence-electron chi connectivity index (χ1n) is 8.57. The smallest absolute Gasteiger partial charge is 0.212 e. The Hall–Kier alpha value is -3.14. The lowest BCUT2D eigenvalue weighted by Gasteiger charge is -2.17. The van der Waals surface area contributed by atoms with E-state index in [-0.39, 0.29) is 11.9 Å². The van der Waals surface area contributed by atoms with Gasteiger partial charge in [-0.05, 0) is 20.1 Å². The van der Waals surface area contributed by atoms with E-state index in [0.717, 1.165) is 5.39 Å². The highest BCUT2D eigenvalue weighted by molar-refractivity contribution is 7.98. The van der Waals surface area contributed by atoms with Gasteiger partial charge in [0.05, 0.1) is 40.4 Å². The van der Waals surface area contributed by atoms with E-state index in [2.05, 4.69) is 30.8 Å². The van der Waals surface area contributed by atoms with E-state index in [1.54, 1.807) is 29.2 Å². The number of H-pyrrole nitrogens is 1. The number of rotatable bonds is 6. The van der Waals surface area contributed by atoms with Gasteiger partial charge in [-0.25, -0.2) is 9.37 Å². The van der Waals surface area contributed by atoms with Crippen LogP contribution in [-0.2, 0) is 4.79 Å². The molecule has 0 atom stereocenters. The van der Waals surface area contributed by atoms with E-state index in [4.69, 9.17) is 0 Å². The molecule has 0 unspecified atom stereocenters. The predicted molar refractivity (Wildman–Crippen MR) is 108 cm³/mol. The topological polar surface area (TPSA) is 100 Å². The first kappa shape index (κ1) is 18.2. The standard InChI is InChI=1S/C18H18FN7OS/c1-9(2)23-17-15(19)18(28-3)14(10-4-22-25-16(10)17)11-6-26-7-12(21-8-27)24-13(26)5-20-11/h4-9,23H,1-3H3,(H,21,27)(H,22,25). The number of nitrogens with zero attached hydrogens (tertiary/aromatic N) is 4. The van der Waals surface area contributed by atoms with Crippen LogP contribution in [0.3, 0.4) is 0 Å². The third-order valence-electron chi connectivity index (χ3n) is 4.25. The zero-order valence-corrected chi connectivity index (χ0v) is 16.3. The van der Waals surface area contributed by atoms with Gasteiger partial charge in [-0.3, -0.25) is 14.9 Å². The molecule has 0 bridgehead atoms. The van der Waals surface area contributed by atoms with Crippen molar-refractivity contribution in [1.29, 1.82) is 0 Å². The summed E-state index contributed by atoms with van der Waals surface area (Å²) in [6.07, 6.45) is 9.08. The quantitative estimate of drug-likeness (QED) is 0.339. The van der Waals surface area contributed by atoms with Gasteiger partial charge in [0.25, 0.3) is 0 Å². The zero-order chi connectivity index (χ0) is 19.8. The molecule has 4 rings (SSSR count). The van der Waals surface area contributed by atoms with E-state index >= 15 is 4.39 Å². The van der Waals surface area contributed by atoms with Crippen LogP contribution in [0.4, 0.5) is 15.9 Å². The van der Waals surface area contributed by atoms with Gasteiger partial charge >= 0.3 is 0 Å². The number of benzene rings is 1. The minimum absolute atomic E-state index is 0.0609. The molecule has 3 heterocycles. The fourth-order valence-electron chi connectivity index (χ4n) is 3.15. The SMILES string of the molecule is CSc1c(F)c(NC(C)C)c2[nH]ncc2c1-c1cn2cc(NC=O)nc2cn1. The molecule has 28 heavy (non-hydrogen) atoms. The fourth-order valence-corrected chi connectivity index (χ4v) is 3.85. The number of hydrogen-bond donors (Lipinski definition) is 3. The molecule has 4 aromatic rings. The molecule has 144 valence electrons. The van der Waals surface area contributed by atoms with Gasteiger partial charge in [-0.15, -0.1) is 11.8 Å². The number of aromatic amines is 1. The summed E-state index contributed by atoms with van der Waals surface area (Å²) in [7, 11) is 0. The molecule has 0 fully saturated rings.